The smallest absolute Gasteiger partial charge is 0.330 e. The number of carbonyl (C=O) groups is 1. The summed E-state index contributed by atoms with van der Waals surface area (Å²) in [6, 6.07) is 4.09. The number of carbonyl (C=O) groups excluding carboxylic acids is 1. The molecule has 1 amide bonds. The second kappa shape index (κ2) is 8.15. The monoisotopic (exact) mass is 452 g/mol. The SMILES string of the molecule is Cc1cnc(C(=O)NC2CC(c3ccc4c(n3)n(C)c(=O)n4CC(C)(C)C)CCC2(C)C)[nH]1. The van der Waals surface area contributed by atoms with Crippen molar-refractivity contribution in [3.05, 3.63) is 46.0 Å². The summed E-state index contributed by atoms with van der Waals surface area (Å²) in [5.41, 5.74) is 3.36. The van der Waals surface area contributed by atoms with Crippen LogP contribution in [0, 0.1) is 17.8 Å². The van der Waals surface area contributed by atoms with Crippen molar-refractivity contribution >= 4 is 17.1 Å². The van der Waals surface area contributed by atoms with E-state index in [4.69, 9.17) is 4.98 Å². The van der Waals surface area contributed by atoms with E-state index in [1.807, 2.05) is 17.6 Å². The summed E-state index contributed by atoms with van der Waals surface area (Å²) in [4.78, 5) is 37.8. The number of amides is 1. The summed E-state index contributed by atoms with van der Waals surface area (Å²) in [6.07, 6.45) is 4.43. The van der Waals surface area contributed by atoms with Gasteiger partial charge in [0.1, 0.15) is 0 Å². The van der Waals surface area contributed by atoms with Gasteiger partial charge in [0, 0.05) is 43.1 Å². The maximum absolute atomic E-state index is 12.9. The largest absolute Gasteiger partial charge is 0.346 e. The molecule has 4 rings (SSSR count). The average molecular weight is 453 g/mol. The van der Waals surface area contributed by atoms with Gasteiger partial charge in [0.2, 0.25) is 0 Å². The predicted molar refractivity (Wildman–Crippen MR) is 129 cm³/mol. The molecule has 2 atom stereocenters. The van der Waals surface area contributed by atoms with Gasteiger partial charge in [-0.15, -0.1) is 0 Å². The van der Waals surface area contributed by atoms with E-state index in [-0.39, 0.29) is 34.4 Å². The Morgan fingerprint density at radius 2 is 2.03 bits per heavy atom. The second-order valence-electron chi connectivity index (χ2n) is 11.5. The van der Waals surface area contributed by atoms with Crippen LogP contribution in [0.15, 0.2) is 23.1 Å². The number of aromatic amines is 1. The first-order valence-corrected chi connectivity index (χ1v) is 11.7. The number of fused-ring (bicyclic) bond motifs is 1. The van der Waals surface area contributed by atoms with Crippen LogP contribution in [-0.2, 0) is 13.6 Å². The van der Waals surface area contributed by atoms with Crippen LogP contribution in [0.2, 0.25) is 0 Å². The van der Waals surface area contributed by atoms with E-state index in [9.17, 15) is 9.59 Å². The summed E-state index contributed by atoms with van der Waals surface area (Å²) in [7, 11) is 1.79. The molecule has 1 aliphatic carbocycles. The van der Waals surface area contributed by atoms with Crippen LogP contribution in [0.4, 0.5) is 0 Å². The molecular formula is C25H36N6O2. The molecule has 3 heterocycles. The molecule has 33 heavy (non-hydrogen) atoms. The third-order valence-electron chi connectivity index (χ3n) is 6.88. The van der Waals surface area contributed by atoms with Crippen LogP contribution in [0.3, 0.4) is 0 Å². The van der Waals surface area contributed by atoms with Gasteiger partial charge in [-0.1, -0.05) is 34.6 Å². The average Bonchev–Trinajstić information content (AvgIpc) is 3.26. The van der Waals surface area contributed by atoms with Crippen LogP contribution in [0.25, 0.3) is 11.2 Å². The van der Waals surface area contributed by atoms with Crippen LogP contribution in [0.1, 0.15) is 81.8 Å². The Labute approximate surface area is 194 Å². The van der Waals surface area contributed by atoms with Crippen molar-refractivity contribution < 1.29 is 4.79 Å². The first kappa shape index (κ1) is 23.3. The van der Waals surface area contributed by atoms with Crippen molar-refractivity contribution in [2.45, 2.75) is 79.3 Å². The van der Waals surface area contributed by atoms with E-state index in [0.29, 0.717) is 12.4 Å². The lowest BCUT2D eigenvalue weighted by Crippen LogP contribution is -2.48. The number of hydrogen-bond acceptors (Lipinski definition) is 4. The predicted octanol–water partition coefficient (Wildman–Crippen LogP) is 3.90. The van der Waals surface area contributed by atoms with Crippen LogP contribution in [-0.4, -0.2) is 36.0 Å². The first-order valence-electron chi connectivity index (χ1n) is 11.7. The Balaban J connectivity index is 1.60. The van der Waals surface area contributed by atoms with Crippen LogP contribution < -0.4 is 11.0 Å². The highest BCUT2D eigenvalue weighted by Crippen LogP contribution is 2.42. The van der Waals surface area contributed by atoms with Crippen molar-refractivity contribution in [3.63, 3.8) is 0 Å². The fourth-order valence-corrected chi connectivity index (χ4v) is 4.86. The minimum absolute atomic E-state index is 0.000890. The van der Waals surface area contributed by atoms with E-state index in [1.54, 1.807) is 17.8 Å². The van der Waals surface area contributed by atoms with Crippen molar-refractivity contribution in [2.24, 2.45) is 17.9 Å². The quantitative estimate of drug-likeness (QED) is 0.627. The molecule has 8 nitrogen and oxygen atoms in total. The zero-order valence-electron chi connectivity index (χ0n) is 20.8. The summed E-state index contributed by atoms with van der Waals surface area (Å²) >= 11 is 0. The van der Waals surface area contributed by atoms with Crippen LogP contribution in [0.5, 0.6) is 0 Å². The molecule has 2 unspecified atom stereocenters. The Morgan fingerprint density at radius 1 is 1.30 bits per heavy atom. The van der Waals surface area contributed by atoms with Gasteiger partial charge < -0.3 is 10.3 Å². The number of hydrogen-bond donors (Lipinski definition) is 2. The maximum atomic E-state index is 12.9. The lowest BCUT2D eigenvalue weighted by atomic mass is 9.68. The number of pyridine rings is 1. The van der Waals surface area contributed by atoms with Gasteiger partial charge in [-0.2, -0.15) is 0 Å². The summed E-state index contributed by atoms with van der Waals surface area (Å²) in [5.74, 6) is 0.388. The topological polar surface area (TPSA) is 97.6 Å². The molecule has 1 aliphatic rings. The van der Waals surface area contributed by atoms with Crippen molar-refractivity contribution in [1.29, 1.82) is 0 Å². The Kier molecular flexibility index (Phi) is 5.75. The number of H-pyrrole nitrogens is 1. The molecule has 0 radical (unpaired) electrons. The Bertz CT molecular complexity index is 1240. The molecular weight excluding hydrogens is 416 g/mol. The lowest BCUT2D eigenvalue weighted by molar-refractivity contribution is 0.0827. The number of aromatic nitrogens is 5. The molecule has 3 aromatic rings. The Morgan fingerprint density at radius 3 is 2.67 bits per heavy atom. The third kappa shape index (κ3) is 4.61. The Hall–Kier alpha value is -2.90. The molecule has 0 saturated heterocycles. The number of nitrogens with zero attached hydrogens (tertiary/aromatic N) is 4. The molecule has 0 aromatic carbocycles. The second-order valence-corrected chi connectivity index (χ2v) is 11.5. The van der Waals surface area contributed by atoms with E-state index in [1.165, 1.54) is 0 Å². The third-order valence-corrected chi connectivity index (χ3v) is 6.88. The summed E-state index contributed by atoms with van der Waals surface area (Å²) in [5, 5.41) is 3.21. The van der Waals surface area contributed by atoms with Gasteiger partial charge in [0.05, 0.1) is 5.52 Å². The summed E-state index contributed by atoms with van der Waals surface area (Å²) < 4.78 is 3.47. The van der Waals surface area contributed by atoms with Gasteiger partial charge in [-0.25, -0.2) is 14.8 Å². The molecule has 178 valence electrons. The molecule has 2 N–H and O–H groups in total. The minimum atomic E-state index is -0.174. The lowest BCUT2D eigenvalue weighted by Gasteiger charge is -2.42. The van der Waals surface area contributed by atoms with Crippen molar-refractivity contribution in [1.82, 2.24) is 29.4 Å². The van der Waals surface area contributed by atoms with Crippen molar-refractivity contribution in [3.8, 4) is 0 Å². The maximum Gasteiger partial charge on any atom is 0.330 e. The fourth-order valence-electron chi connectivity index (χ4n) is 4.86. The number of nitrogens with one attached hydrogen (secondary N) is 2. The van der Waals surface area contributed by atoms with Gasteiger partial charge in [-0.3, -0.25) is 13.9 Å². The van der Waals surface area contributed by atoms with E-state index < -0.39 is 0 Å². The fraction of sp³-hybridized carbons (Fsp3) is 0.600. The van der Waals surface area contributed by atoms with E-state index >= 15 is 0 Å². The van der Waals surface area contributed by atoms with Crippen LogP contribution >= 0.6 is 0 Å². The number of imidazole rings is 2. The van der Waals surface area contributed by atoms with Crippen molar-refractivity contribution in [2.75, 3.05) is 0 Å². The first-order chi connectivity index (χ1) is 15.4. The van der Waals surface area contributed by atoms with Gasteiger partial charge in [0.15, 0.2) is 11.5 Å². The highest BCUT2D eigenvalue weighted by molar-refractivity contribution is 5.90. The normalized spacial score (nSPS) is 20.8. The van der Waals surface area contributed by atoms with Gasteiger partial charge in [-0.05, 0) is 49.1 Å². The standard InChI is InChI=1S/C25H36N6O2/c1-15-13-26-20(27-15)22(32)29-19-12-16(10-11-25(19,5)6)17-8-9-18-21(28-17)30(7)23(33)31(18)14-24(2,3)4/h8-9,13,16,19H,10-12,14H2,1-7H3,(H,26,27)(H,29,32). The summed E-state index contributed by atoms with van der Waals surface area (Å²) in [6.45, 7) is 13.3. The zero-order chi connectivity index (χ0) is 24.1. The minimum Gasteiger partial charge on any atom is -0.346 e. The highest BCUT2D eigenvalue weighted by Gasteiger charge is 2.39. The van der Waals surface area contributed by atoms with Gasteiger partial charge >= 0.3 is 5.69 Å². The molecule has 1 saturated carbocycles. The van der Waals surface area contributed by atoms with E-state index in [2.05, 4.69) is 56.0 Å². The molecule has 8 heteroatoms. The zero-order valence-corrected chi connectivity index (χ0v) is 20.8. The number of rotatable bonds is 4. The molecule has 0 aliphatic heterocycles. The molecule has 1 fully saturated rings. The molecule has 3 aromatic heterocycles. The highest BCUT2D eigenvalue weighted by atomic mass is 16.2. The van der Waals surface area contributed by atoms with Gasteiger partial charge in [0.25, 0.3) is 5.91 Å². The molecule has 0 bridgehead atoms. The van der Waals surface area contributed by atoms with E-state index in [0.717, 1.165) is 41.8 Å². The number of aryl methyl sites for hydroxylation is 2. The molecule has 0 spiro atoms.